The van der Waals surface area contributed by atoms with Crippen molar-refractivity contribution >= 4 is 0 Å². The van der Waals surface area contributed by atoms with E-state index < -0.39 is 5.60 Å². The van der Waals surface area contributed by atoms with Crippen molar-refractivity contribution in [2.24, 2.45) is 11.8 Å². The van der Waals surface area contributed by atoms with Crippen LogP contribution in [0.4, 0.5) is 0 Å². The minimum Gasteiger partial charge on any atom is -0.497 e. The summed E-state index contributed by atoms with van der Waals surface area (Å²) in [6.07, 6.45) is 8.97. The first-order chi connectivity index (χ1) is 13.9. The van der Waals surface area contributed by atoms with Crippen molar-refractivity contribution in [2.75, 3.05) is 20.2 Å². The number of hydrogen-bond donors (Lipinski definition) is 3. The molecule has 0 spiro atoms. The van der Waals surface area contributed by atoms with Gasteiger partial charge in [0, 0.05) is 17.5 Å². The maximum Gasteiger partial charge on any atom is 0.119 e. The maximum atomic E-state index is 12.2. The molecule has 1 aromatic rings. The van der Waals surface area contributed by atoms with Crippen molar-refractivity contribution in [1.82, 2.24) is 10.6 Å². The Hall–Kier alpha value is -1.10. The van der Waals surface area contributed by atoms with Gasteiger partial charge in [0.25, 0.3) is 0 Å². The lowest BCUT2D eigenvalue weighted by Gasteiger charge is -2.62. The Morgan fingerprint density at radius 3 is 2.79 bits per heavy atom. The standard InChI is InChI=1S/C25H38N2O2/c1-16(2)15-27-19-6-7-24-8-9-26-23(25(24,28)14-19)13-21-18(10-17-4-5-17)11-20(29-3)12-22(21)24/h11-12,16-17,19,23,26-28H,4-10,13-15H2,1-3H3. The fourth-order valence-corrected chi connectivity index (χ4v) is 6.58. The molecule has 2 saturated carbocycles. The van der Waals surface area contributed by atoms with Gasteiger partial charge in [-0.2, -0.15) is 0 Å². The van der Waals surface area contributed by atoms with Crippen LogP contribution >= 0.6 is 0 Å². The minimum atomic E-state index is -0.672. The predicted octanol–water partition coefficient (Wildman–Crippen LogP) is 3.33. The number of methoxy groups -OCH3 is 1. The molecule has 4 atom stereocenters. The maximum absolute atomic E-state index is 12.2. The molecule has 3 aliphatic carbocycles. The van der Waals surface area contributed by atoms with E-state index in [1.807, 2.05) is 0 Å². The van der Waals surface area contributed by atoms with Crippen molar-refractivity contribution in [3.05, 3.63) is 28.8 Å². The van der Waals surface area contributed by atoms with Crippen LogP contribution in [0.15, 0.2) is 12.1 Å². The van der Waals surface area contributed by atoms with Crippen LogP contribution in [0.25, 0.3) is 0 Å². The average Bonchev–Trinajstić information content (AvgIpc) is 3.50. The smallest absolute Gasteiger partial charge is 0.119 e. The molecule has 3 N–H and O–H groups in total. The number of piperidine rings is 1. The molecule has 29 heavy (non-hydrogen) atoms. The van der Waals surface area contributed by atoms with Gasteiger partial charge in [0.2, 0.25) is 0 Å². The summed E-state index contributed by atoms with van der Waals surface area (Å²) in [6, 6.07) is 5.14. The van der Waals surface area contributed by atoms with Gasteiger partial charge < -0.3 is 20.5 Å². The third-order valence-electron chi connectivity index (χ3n) is 8.32. The molecule has 4 aliphatic rings. The van der Waals surface area contributed by atoms with E-state index in [4.69, 9.17) is 4.74 Å². The Morgan fingerprint density at radius 1 is 1.24 bits per heavy atom. The minimum absolute atomic E-state index is 0.126. The zero-order valence-electron chi connectivity index (χ0n) is 18.4. The van der Waals surface area contributed by atoms with Gasteiger partial charge in [-0.25, -0.2) is 0 Å². The van der Waals surface area contributed by atoms with E-state index in [0.29, 0.717) is 12.0 Å². The second-order valence-electron chi connectivity index (χ2n) is 10.7. The Balaban J connectivity index is 1.55. The van der Waals surface area contributed by atoms with Crippen molar-refractivity contribution < 1.29 is 9.84 Å². The van der Waals surface area contributed by atoms with Crippen LogP contribution in [0.3, 0.4) is 0 Å². The molecule has 160 valence electrons. The van der Waals surface area contributed by atoms with Gasteiger partial charge in [0.05, 0.1) is 12.7 Å². The third kappa shape index (κ3) is 3.23. The van der Waals surface area contributed by atoms with Crippen molar-refractivity contribution in [3.8, 4) is 5.75 Å². The molecule has 5 rings (SSSR count). The first-order valence-electron chi connectivity index (χ1n) is 11.8. The van der Waals surface area contributed by atoms with Crippen LogP contribution in [-0.4, -0.2) is 43.0 Å². The van der Waals surface area contributed by atoms with E-state index in [1.165, 1.54) is 36.0 Å². The van der Waals surface area contributed by atoms with E-state index in [0.717, 1.165) is 56.9 Å². The molecule has 1 aliphatic heterocycles. The summed E-state index contributed by atoms with van der Waals surface area (Å²) < 4.78 is 5.75. The Bertz CT molecular complexity index is 774. The topological polar surface area (TPSA) is 53.5 Å². The number of ether oxygens (including phenoxy) is 1. The molecular formula is C25H38N2O2. The van der Waals surface area contributed by atoms with Crippen molar-refractivity contribution in [2.45, 2.75) is 88.3 Å². The first kappa shape index (κ1) is 19.8. The monoisotopic (exact) mass is 398 g/mol. The molecule has 2 bridgehead atoms. The number of fused-ring (bicyclic) bond motifs is 1. The van der Waals surface area contributed by atoms with Crippen LogP contribution in [0.5, 0.6) is 5.75 Å². The second kappa shape index (κ2) is 7.25. The van der Waals surface area contributed by atoms with Crippen LogP contribution in [-0.2, 0) is 18.3 Å². The highest BCUT2D eigenvalue weighted by Gasteiger charge is 2.63. The van der Waals surface area contributed by atoms with Gasteiger partial charge in [-0.15, -0.1) is 0 Å². The normalized spacial score (nSPS) is 35.9. The lowest BCUT2D eigenvalue weighted by Crippen LogP contribution is -2.73. The lowest BCUT2D eigenvalue weighted by atomic mass is 9.49. The summed E-state index contributed by atoms with van der Waals surface area (Å²) in [4.78, 5) is 0. The lowest BCUT2D eigenvalue weighted by molar-refractivity contribution is -0.131. The summed E-state index contributed by atoms with van der Waals surface area (Å²) >= 11 is 0. The second-order valence-corrected chi connectivity index (χ2v) is 10.7. The molecule has 3 fully saturated rings. The van der Waals surface area contributed by atoms with E-state index in [9.17, 15) is 5.11 Å². The van der Waals surface area contributed by atoms with Gasteiger partial charge in [-0.1, -0.05) is 13.8 Å². The zero-order chi connectivity index (χ0) is 20.2. The van der Waals surface area contributed by atoms with Crippen LogP contribution in [0.2, 0.25) is 0 Å². The van der Waals surface area contributed by atoms with E-state index in [2.05, 4.69) is 36.6 Å². The molecule has 1 heterocycles. The third-order valence-corrected chi connectivity index (χ3v) is 8.32. The molecule has 1 saturated heterocycles. The summed E-state index contributed by atoms with van der Waals surface area (Å²) in [5.41, 5.74) is 3.62. The van der Waals surface area contributed by atoms with Gasteiger partial charge in [0.15, 0.2) is 0 Å². The van der Waals surface area contributed by atoms with Gasteiger partial charge in [0.1, 0.15) is 5.75 Å². The number of nitrogens with one attached hydrogen (secondary N) is 2. The molecule has 4 heteroatoms. The van der Waals surface area contributed by atoms with Gasteiger partial charge in [-0.3, -0.25) is 0 Å². The summed E-state index contributed by atoms with van der Waals surface area (Å²) in [6.45, 7) is 6.55. The zero-order valence-corrected chi connectivity index (χ0v) is 18.4. The number of rotatable bonds is 6. The highest BCUT2D eigenvalue weighted by molar-refractivity contribution is 5.52. The number of hydrogen-bond acceptors (Lipinski definition) is 4. The average molecular weight is 399 g/mol. The molecule has 0 radical (unpaired) electrons. The summed E-state index contributed by atoms with van der Waals surface area (Å²) in [5, 5.41) is 19.7. The SMILES string of the molecule is COc1cc(CC2CC2)c2c(c1)C13CCNC(C2)C1(O)CC(NCC(C)C)CC3. The number of benzene rings is 1. The molecule has 0 aromatic heterocycles. The fourth-order valence-electron chi connectivity index (χ4n) is 6.58. The van der Waals surface area contributed by atoms with Crippen LogP contribution in [0, 0.1) is 11.8 Å². The first-order valence-corrected chi connectivity index (χ1v) is 11.8. The highest BCUT2D eigenvalue weighted by atomic mass is 16.5. The van der Waals surface area contributed by atoms with Gasteiger partial charge in [-0.05, 0) is 105 Å². The van der Waals surface area contributed by atoms with E-state index >= 15 is 0 Å². The molecule has 1 aromatic carbocycles. The van der Waals surface area contributed by atoms with Crippen molar-refractivity contribution in [1.29, 1.82) is 0 Å². The fraction of sp³-hybridized carbons (Fsp3) is 0.760. The molecule has 4 unspecified atom stereocenters. The summed E-state index contributed by atoms with van der Waals surface area (Å²) in [7, 11) is 1.79. The molecular weight excluding hydrogens is 360 g/mol. The Labute approximate surface area is 175 Å². The van der Waals surface area contributed by atoms with Crippen LogP contribution < -0.4 is 15.4 Å². The van der Waals surface area contributed by atoms with E-state index in [1.54, 1.807) is 7.11 Å². The van der Waals surface area contributed by atoms with Crippen molar-refractivity contribution in [3.63, 3.8) is 0 Å². The van der Waals surface area contributed by atoms with Crippen LogP contribution in [0.1, 0.15) is 69.1 Å². The Kier molecular flexibility index (Phi) is 4.96. The van der Waals surface area contributed by atoms with Gasteiger partial charge >= 0.3 is 0 Å². The summed E-state index contributed by atoms with van der Waals surface area (Å²) in [5.74, 6) is 2.47. The predicted molar refractivity (Wildman–Crippen MR) is 117 cm³/mol. The number of aliphatic hydroxyl groups is 1. The quantitative estimate of drug-likeness (QED) is 0.688. The van der Waals surface area contributed by atoms with E-state index in [-0.39, 0.29) is 11.5 Å². The molecule has 4 nitrogen and oxygen atoms in total. The highest BCUT2D eigenvalue weighted by Crippen LogP contribution is 2.57. The Morgan fingerprint density at radius 2 is 2.07 bits per heavy atom. The molecule has 0 amide bonds. The largest absolute Gasteiger partial charge is 0.497 e.